The van der Waals surface area contributed by atoms with Crippen LogP contribution in [0, 0.1) is 0 Å². The van der Waals surface area contributed by atoms with Crippen LogP contribution in [0.2, 0.25) is 0 Å². The van der Waals surface area contributed by atoms with Gasteiger partial charge in [0.1, 0.15) is 0 Å². The summed E-state index contributed by atoms with van der Waals surface area (Å²) in [5.74, 6) is 0.256. The van der Waals surface area contributed by atoms with E-state index in [1.807, 2.05) is 0 Å². The van der Waals surface area contributed by atoms with Crippen LogP contribution in [-0.4, -0.2) is 29.9 Å². The van der Waals surface area contributed by atoms with Gasteiger partial charge in [0.2, 0.25) is 5.91 Å². The minimum absolute atomic E-state index is 0.0353. The number of aryl methyl sites for hydroxylation is 1. The summed E-state index contributed by atoms with van der Waals surface area (Å²) < 4.78 is 0. The van der Waals surface area contributed by atoms with Gasteiger partial charge in [-0.2, -0.15) is 0 Å². The lowest BCUT2D eigenvalue weighted by atomic mass is 9.82. The lowest BCUT2D eigenvalue weighted by Gasteiger charge is -2.26. The van der Waals surface area contributed by atoms with E-state index in [2.05, 4.69) is 64.8 Å². The van der Waals surface area contributed by atoms with Gasteiger partial charge in [-0.25, -0.2) is 0 Å². The molecule has 1 aliphatic heterocycles. The smallest absolute Gasteiger partial charge is 0.227 e. The Hall–Kier alpha value is -2.13. The van der Waals surface area contributed by atoms with E-state index in [1.54, 1.807) is 0 Å². The molecule has 1 heterocycles. The summed E-state index contributed by atoms with van der Waals surface area (Å²) in [6, 6.07) is 19.3. The van der Waals surface area contributed by atoms with Gasteiger partial charge in [-0.15, -0.1) is 0 Å². The minimum atomic E-state index is 0.0353. The first kappa shape index (κ1) is 16.3. The number of likely N-dealkylation sites (tertiary alicyclic amines) is 1. The van der Waals surface area contributed by atoms with Gasteiger partial charge in [-0.3, -0.25) is 9.69 Å². The Morgan fingerprint density at radius 2 is 1.84 bits per heavy atom. The number of hydrogen-bond acceptors (Lipinski definition) is 2. The zero-order valence-electron chi connectivity index (χ0n) is 14.7. The third kappa shape index (κ3) is 3.77. The van der Waals surface area contributed by atoms with Gasteiger partial charge in [-0.05, 0) is 42.4 Å². The molecule has 2 aliphatic rings. The molecule has 0 spiro atoms. The average Bonchev–Trinajstić information content (AvgIpc) is 3.09. The zero-order valence-corrected chi connectivity index (χ0v) is 14.7. The van der Waals surface area contributed by atoms with Gasteiger partial charge in [-0.1, -0.05) is 54.6 Å². The highest BCUT2D eigenvalue weighted by atomic mass is 16.2. The second-order valence-electron chi connectivity index (χ2n) is 7.36. The third-order valence-electron chi connectivity index (χ3n) is 5.55. The predicted octanol–water partition coefficient (Wildman–Crippen LogP) is 3.50. The van der Waals surface area contributed by atoms with E-state index in [4.69, 9.17) is 0 Å². The van der Waals surface area contributed by atoms with Crippen LogP contribution in [0.5, 0.6) is 0 Å². The molecular weight excluding hydrogens is 308 g/mol. The van der Waals surface area contributed by atoms with Crippen LogP contribution in [-0.2, 0) is 17.8 Å². The first-order valence-electron chi connectivity index (χ1n) is 9.44. The van der Waals surface area contributed by atoms with Crippen LogP contribution >= 0.6 is 0 Å². The van der Waals surface area contributed by atoms with Crippen LogP contribution in [0.4, 0.5) is 0 Å². The maximum absolute atomic E-state index is 12.9. The molecule has 1 amide bonds. The van der Waals surface area contributed by atoms with E-state index in [0.717, 1.165) is 45.3 Å². The van der Waals surface area contributed by atoms with Crippen molar-refractivity contribution >= 4 is 5.91 Å². The van der Waals surface area contributed by atoms with Crippen molar-refractivity contribution in [3.63, 3.8) is 0 Å². The standard InChI is InChI=1S/C22H26N2O/c25-22(21-12-6-10-18-9-4-5-11-20(18)21)23-19-13-14-24(16-19)15-17-7-2-1-3-8-17/h1-5,7-9,11,19,21H,6,10,12-16H2,(H,23,25)/t19-,21+/m1/s1. The van der Waals surface area contributed by atoms with Crippen LogP contribution in [0.1, 0.15) is 41.9 Å². The van der Waals surface area contributed by atoms with E-state index in [9.17, 15) is 4.79 Å². The molecule has 3 heteroatoms. The third-order valence-corrected chi connectivity index (χ3v) is 5.55. The molecule has 0 aromatic heterocycles. The van der Waals surface area contributed by atoms with Crippen LogP contribution in [0.3, 0.4) is 0 Å². The highest BCUT2D eigenvalue weighted by molar-refractivity contribution is 5.84. The van der Waals surface area contributed by atoms with Gasteiger partial charge in [0.05, 0.1) is 5.92 Å². The highest BCUT2D eigenvalue weighted by Crippen LogP contribution is 2.31. The maximum Gasteiger partial charge on any atom is 0.227 e. The summed E-state index contributed by atoms with van der Waals surface area (Å²) in [7, 11) is 0. The summed E-state index contributed by atoms with van der Waals surface area (Å²) in [6.45, 7) is 2.98. The molecule has 25 heavy (non-hydrogen) atoms. The number of nitrogens with zero attached hydrogens (tertiary/aromatic N) is 1. The molecule has 130 valence electrons. The maximum atomic E-state index is 12.9. The van der Waals surface area contributed by atoms with Crippen molar-refractivity contribution in [2.75, 3.05) is 13.1 Å². The molecule has 2 aromatic rings. The van der Waals surface area contributed by atoms with Crippen molar-refractivity contribution in [3.05, 3.63) is 71.3 Å². The van der Waals surface area contributed by atoms with E-state index >= 15 is 0 Å². The van der Waals surface area contributed by atoms with Crippen LogP contribution in [0.15, 0.2) is 54.6 Å². The summed E-state index contributed by atoms with van der Waals surface area (Å²) in [5.41, 5.74) is 3.94. The van der Waals surface area contributed by atoms with E-state index < -0.39 is 0 Å². The van der Waals surface area contributed by atoms with Crippen molar-refractivity contribution in [2.24, 2.45) is 0 Å². The van der Waals surface area contributed by atoms with Gasteiger partial charge < -0.3 is 5.32 Å². The van der Waals surface area contributed by atoms with E-state index in [0.29, 0.717) is 0 Å². The minimum Gasteiger partial charge on any atom is -0.352 e. The second-order valence-corrected chi connectivity index (χ2v) is 7.36. The number of fused-ring (bicyclic) bond motifs is 1. The molecule has 4 rings (SSSR count). The highest BCUT2D eigenvalue weighted by Gasteiger charge is 2.30. The predicted molar refractivity (Wildman–Crippen MR) is 100 cm³/mol. The van der Waals surface area contributed by atoms with Crippen LogP contribution < -0.4 is 5.32 Å². The Kier molecular flexibility index (Phi) is 4.84. The summed E-state index contributed by atoms with van der Waals surface area (Å²) in [5, 5.41) is 3.32. The molecule has 0 bridgehead atoms. The molecule has 3 nitrogen and oxygen atoms in total. The molecule has 0 saturated carbocycles. The van der Waals surface area contributed by atoms with Gasteiger partial charge >= 0.3 is 0 Å². The van der Waals surface area contributed by atoms with Gasteiger partial charge in [0.25, 0.3) is 0 Å². The molecular formula is C22H26N2O. The molecule has 2 atom stereocenters. The number of carbonyl (C=O) groups is 1. The Morgan fingerprint density at radius 1 is 1.04 bits per heavy atom. The van der Waals surface area contributed by atoms with E-state index in [-0.39, 0.29) is 17.9 Å². The largest absolute Gasteiger partial charge is 0.352 e. The number of rotatable bonds is 4. The SMILES string of the molecule is O=C(N[C@@H]1CCN(Cc2ccccc2)C1)[C@H]1CCCc2ccccc21. The Bertz CT molecular complexity index is 728. The first-order chi connectivity index (χ1) is 12.3. The number of nitrogens with one attached hydrogen (secondary N) is 1. The van der Waals surface area contributed by atoms with E-state index in [1.165, 1.54) is 16.7 Å². The number of carbonyl (C=O) groups excluding carboxylic acids is 1. The Morgan fingerprint density at radius 3 is 2.72 bits per heavy atom. The van der Waals surface area contributed by atoms with Crippen LogP contribution in [0.25, 0.3) is 0 Å². The van der Waals surface area contributed by atoms with Crippen molar-refractivity contribution < 1.29 is 4.79 Å². The van der Waals surface area contributed by atoms with Gasteiger partial charge in [0, 0.05) is 25.7 Å². The number of benzene rings is 2. The molecule has 1 fully saturated rings. The molecule has 1 saturated heterocycles. The molecule has 1 N–H and O–H groups in total. The second kappa shape index (κ2) is 7.40. The fourth-order valence-electron chi connectivity index (χ4n) is 4.26. The quantitative estimate of drug-likeness (QED) is 0.928. The number of hydrogen-bond donors (Lipinski definition) is 1. The average molecular weight is 334 g/mol. The summed E-state index contributed by atoms with van der Waals surface area (Å²) in [6.07, 6.45) is 4.24. The Labute approximate surface area is 150 Å². The van der Waals surface area contributed by atoms with Gasteiger partial charge in [0.15, 0.2) is 0 Å². The summed E-state index contributed by atoms with van der Waals surface area (Å²) >= 11 is 0. The molecule has 1 aliphatic carbocycles. The van der Waals surface area contributed by atoms with Crippen molar-refractivity contribution in [1.82, 2.24) is 10.2 Å². The fourth-order valence-corrected chi connectivity index (χ4v) is 4.26. The Balaban J connectivity index is 1.35. The molecule has 0 radical (unpaired) electrons. The fraction of sp³-hybridized carbons (Fsp3) is 0.409. The van der Waals surface area contributed by atoms with Crippen molar-refractivity contribution in [1.29, 1.82) is 0 Å². The molecule has 2 aromatic carbocycles. The number of amides is 1. The molecule has 0 unspecified atom stereocenters. The summed E-state index contributed by atoms with van der Waals surface area (Å²) in [4.78, 5) is 15.3. The lowest BCUT2D eigenvalue weighted by molar-refractivity contribution is -0.123. The first-order valence-corrected chi connectivity index (χ1v) is 9.44. The van der Waals surface area contributed by atoms with Crippen molar-refractivity contribution in [3.8, 4) is 0 Å². The normalized spacial score (nSPS) is 23.2. The van der Waals surface area contributed by atoms with Crippen molar-refractivity contribution in [2.45, 2.75) is 44.2 Å². The zero-order chi connectivity index (χ0) is 17.1. The monoisotopic (exact) mass is 334 g/mol. The lowest BCUT2D eigenvalue weighted by Crippen LogP contribution is -2.40. The topological polar surface area (TPSA) is 32.3 Å².